The quantitative estimate of drug-likeness (QED) is 0.653. The van der Waals surface area contributed by atoms with Gasteiger partial charge in [0.05, 0.1) is 33.0 Å². The Labute approximate surface area is 185 Å². The predicted molar refractivity (Wildman–Crippen MR) is 129 cm³/mol. The normalized spacial score (nSPS) is 15.7. The molecule has 2 aromatic rings. The van der Waals surface area contributed by atoms with Crippen LogP contribution in [0.3, 0.4) is 0 Å². The van der Waals surface area contributed by atoms with Gasteiger partial charge in [0.15, 0.2) is 0 Å². The van der Waals surface area contributed by atoms with E-state index in [1.165, 1.54) is 11.8 Å². The summed E-state index contributed by atoms with van der Waals surface area (Å²) in [4.78, 5) is 20.4. The molecule has 158 valence electrons. The van der Waals surface area contributed by atoms with Gasteiger partial charge in [0, 0.05) is 37.3 Å². The van der Waals surface area contributed by atoms with Crippen molar-refractivity contribution in [2.45, 2.75) is 32.6 Å². The minimum atomic E-state index is -0.806. The number of thioether (sulfide) groups is 1. The maximum Gasteiger partial charge on any atom is 0.304 e. The van der Waals surface area contributed by atoms with Crippen LogP contribution in [0.25, 0.3) is 10.2 Å². The third-order valence-corrected chi connectivity index (χ3v) is 7.45. The van der Waals surface area contributed by atoms with Gasteiger partial charge in [0.2, 0.25) is 0 Å². The van der Waals surface area contributed by atoms with Crippen LogP contribution in [0.15, 0.2) is 12.1 Å². The SMILES string of the molecule is CN1CCN(c2cc3nc(C(C)(C)C)sc3cc2NC(=S)SCCC(=O)O)CC1. The molecule has 0 aliphatic carbocycles. The molecule has 0 unspecified atom stereocenters. The molecule has 0 saturated carbocycles. The first-order valence-corrected chi connectivity index (χ1v) is 11.9. The zero-order valence-electron chi connectivity index (χ0n) is 17.3. The number of carbonyl (C=O) groups is 1. The Morgan fingerprint density at radius 3 is 2.62 bits per heavy atom. The van der Waals surface area contributed by atoms with Crippen LogP contribution in [0.1, 0.15) is 32.2 Å². The number of hydrogen-bond acceptors (Lipinski definition) is 7. The van der Waals surface area contributed by atoms with E-state index < -0.39 is 5.97 Å². The first-order valence-electron chi connectivity index (χ1n) is 9.67. The standard InChI is InChI=1S/C20H28N4O2S3/c1-20(2,3)18-21-14-11-15(24-8-6-23(4)7-9-24)13(12-16(14)29-18)22-19(27)28-10-5-17(25)26/h11-12H,5-10H2,1-4H3,(H,22,27)(H,25,26). The van der Waals surface area contributed by atoms with Crippen LogP contribution >= 0.6 is 35.3 Å². The van der Waals surface area contributed by atoms with E-state index in [-0.39, 0.29) is 11.8 Å². The van der Waals surface area contributed by atoms with Crippen molar-refractivity contribution in [1.82, 2.24) is 9.88 Å². The van der Waals surface area contributed by atoms with Crippen molar-refractivity contribution in [2.75, 3.05) is 49.2 Å². The summed E-state index contributed by atoms with van der Waals surface area (Å²) in [6.07, 6.45) is 0.0978. The maximum atomic E-state index is 10.8. The third-order valence-electron chi connectivity index (χ3n) is 4.78. The average Bonchev–Trinajstić information content (AvgIpc) is 3.05. The Morgan fingerprint density at radius 2 is 2.00 bits per heavy atom. The third kappa shape index (κ3) is 5.81. The molecule has 0 radical (unpaired) electrons. The van der Waals surface area contributed by atoms with Crippen molar-refractivity contribution in [1.29, 1.82) is 0 Å². The highest BCUT2D eigenvalue weighted by atomic mass is 32.2. The van der Waals surface area contributed by atoms with Crippen LogP contribution < -0.4 is 10.2 Å². The van der Waals surface area contributed by atoms with Crippen LogP contribution in [0, 0.1) is 0 Å². The summed E-state index contributed by atoms with van der Waals surface area (Å²) < 4.78 is 1.73. The monoisotopic (exact) mass is 452 g/mol. The highest BCUT2D eigenvalue weighted by Crippen LogP contribution is 2.38. The first-order chi connectivity index (χ1) is 13.6. The number of hydrogen-bond donors (Lipinski definition) is 2. The van der Waals surface area contributed by atoms with Crippen LogP contribution in [0.5, 0.6) is 0 Å². The van der Waals surface area contributed by atoms with Crippen molar-refractivity contribution in [2.24, 2.45) is 0 Å². The zero-order valence-corrected chi connectivity index (χ0v) is 19.8. The van der Waals surface area contributed by atoms with Gasteiger partial charge in [-0.1, -0.05) is 44.8 Å². The van der Waals surface area contributed by atoms with Gasteiger partial charge in [-0.15, -0.1) is 11.3 Å². The summed E-state index contributed by atoms with van der Waals surface area (Å²) in [6.45, 7) is 10.5. The second kappa shape index (κ2) is 9.16. The molecule has 1 aromatic carbocycles. The number of nitrogens with zero attached hydrogens (tertiary/aromatic N) is 3. The summed E-state index contributed by atoms with van der Waals surface area (Å²) in [7, 11) is 2.14. The van der Waals surface area contributed by atoms with E-state index in [0.29, 0.717) is 10.1 Å². The Bertz CT molecular complexity index is 899. The van der Waals surface area contributed by atoms with Gasteiger partial charge < -0.3 is 20.2 Å². The fourth-order valence-electron chi connectivity index (χ4n) is 3.07. The van der Waals surface area contributed by atoms with Crippen molar-refractivity contribution >= 4 is 67.2 Å². The molecule has 0 bridgehead atoms. The lowest BCUT2D eigenvalue weighted by molar-refractivity contribution is -0.136. The average molecular weight is 453 g/mol. The van der Waals surface area contributed by atoms with Crippen LogP contribution in [-0.2, 0) is 10.2 Å². The molecule has 0 amide bonds. The molecule has 0 atom stereocenters. The number of rotatable bonds is 5. The van der Waals surface area contributed by atoms with Gasteiger partial charge in [0.25, 0.3) is 0 Å². The first kappa shape index (κ1) is 22.3. The van der Waals surface area contributed by atoms with Gasteiger partial charge in [-0.2, -0.15) is 0 Å². The Hall–Kier alpha value is -1.42. The lowest BCUT2D eigenvalue weighted by Gasteiger charge is -2.35. The number of piperazine rings is 1. The molecule has 1 aliphatic rings. The van der Waals surface area contributed by atoms with E-state index in [4.69, 9.17) is 22.3 Å². The zero-order chi connectivity index (χ0) is 21.2. The maximum absolute atomic E-state index is 10.8. The van der Waals surface area contributed by atoms with Gasteiger partial charge in [-0.05, 0) is 19.2 Å². The van der Waals surface area contributed by atoms with E-state index in [0.717, 1.165) is 52.8 Å². The lowest BCUT2D eigenvalue weighted by Crippen LogP contribution is -2.44. The number of anilines is 2. The van der Waals surface area contributed by atoms with Gasteiger partial charge in [-0.25, -0.2) is 4.98 Å². The molecule has 0 spiro atoms. The number of aliphatic carboxylic acids is 1. The lowest BCUT2D eigenvalue weighted by atomic mass is 9.98. The van der Waals surface area contributed by atoms with Gasteiger partial charge in [0.1, 0.15) is 4.32 Å². The minimum Gasteiger partial charge on any atom is -0.481 e. The molecular formula is C20H28N4O2S3. The molecule has 9 heteroatoms. The molecule has 2 heterocycles. The van der Waals surface area contributed by atoms with Crippen LogP contribution in [0.2, 0.25) is 0 Å². The number of fused-ring (bicyclic) bond motifs is 1. The van der Waals surface area contributed by atoms with E-state index in [2.05, 4.69) is 55.1 Å². The molecule has 1 fully saturated rings. The second-order valence-electron chi connectivity index (χ2n) is 8.30. The van der Waals surface area contributed by atoms with E-state index in [9.17, 15) is 4.79 Å². The van der Waals surface area contributed by atoms with E-state index in [1.807, 2.05) is 0 Å². The number of nitrogens with one attached hydrogen (secondary N) is 1. The number of aromatic nitrogens is 1. The summed E-state index contributed by atoms with van der Waals surface area (Å²) in [5, 5.41) is 13.3. The number of thiocarbonyl (C=S) groups is 1. The number of thiazole rings is 1. The molecule has 6 nitrogen and oxygen atoms in total. The predicted octanol–water partition coefficient (Wildman–Crippen LogP) is 4.25. The number of carboxylic acid groups (broad SMARTS) is 1. The number of carboxylic acids is 1. The van der Waals surface area contributed by atoms with E-state index in [1.54, 1.807) is 11.3 Å². The molecule has 3 rings (SSSR count). The van der Waals surface area contributed by atoms with Crippen LogP contribution in [0.4, 0.5) is 11.4 Å². The topological polar surface area (TPSA) is 68.7 Å². The van der Waals surface area contributed by atoms with Crippen LogP contribution in [-0.4, -0.2) is 64.3 Å². The fraction of sp³-hybridized carbons (Fsp3) is 0.550. The fourth-order valence-corrected chi connectivity index (χ4v) is 5.12. The highest BCUT2D eigenvalue weighted by molar-refractivity contribution is 8.23. The van der Waals surface area contributed by atoms with Crippen molar-refractivity contribution in [3.63, 3.8) is 0 Å². The minimum absolute atomic E-state index is 0.00721. The summed E-state index contributed by atoms with van der Waals surface area (Å²) in [5.74, 6) is -0.346. The molecule has 1 aliphatic heterocycles. The number of benzene rings is 1. The smallest absolute Gasteiger partial charge is 0.304 e. The molecular weight excluding hydrogens is 424 g/mol. The molecule has 2 N–H and O–H groups in total. The summed E-state index contributed by atoms with van der Waals surface area (Å²) in [5.41, 5.74) is 3.10. The largest absolute Gasteiger partial charge is 0.481 e. The Morgan fingerprint density at radius 1 is 1.31 bits per heavy atom. The molecule has 1 aromatic heterocycles. The van der Waals surface area contributed by atoms with Gasteiger partial charge >= 0.3 is 5.97 Å². The molecule has 29 heavy (non-hydrogen) atoms. The van der Waals surface area contributed by atoms with Gasteiger partial charge in [-0.3, -0.25) is 4.79 Å². The summed E-state index contributed by atoms with van der Waals surface area (Å²) in [6, 6.07) is 4.30. The molecule has 1 saturated heterocycles. The Balaban J connectivity index is 1.90. The summed E-state index contributed by atoms with van der Waals surface area (Å²) >= 11 is 8.56. The number of likely N-dealkylation sites (N-methyl/N-ethyl adjacent to an activating group) is 1. The van der Waals surface area contributed by atoms with Crippen molar-refractivity contribution in [3.8, 4) is 0 Å². The van der Waals surface area contributed by atoms with Crippen molar-refractivity contribution in [3.05, 3.63) is 17.1 Å². The Kier molecular flexibility index (Phi) is 7.03. The highest BCUT2D eigenvalue weighted by Gasteiger charge is 2.22. The van der Waals surface area contributed by atoms with E-state index >= 15 is 0 Å². The second-order valence-corrected chi connectivity index (χ2v) is 11.1. The van der Waals surface area contributed by atoms with Crippen molar-refractivity contribution < 1.29 is 9.90 Å².